The quantitative estimate of drug-likeness (QED) is 0.309. The van der Waals surface area contributed by atoms with E-state index in [9.17, 15) is 4.79 Å². The molecule has 0 spiro atoms. The van der Waals surface area contributed by atoms with E-state index in [2.05, 4.69) is 5.16 Å². The lowest BCUT2D eigenvalue weighted by atomic mass is 10.1. The van der Waals surface area contributed by atoms with E-state index in [0.29, 0.717) is 39.8 Å². The molecule has 30 heavy (non-hydrogen) atoms. The third-order valence-electron chi connectivity index (χ3n) is 4.63. The van der Waals surface area contributed by atoms with Crippen molar-refractivity contribution in [2.75, 3.05) is 14.2 Å². The van der Waals surface area contributed by atoms with Gasteiger partial charge in [-0.3, -0.25) is 0 Å². The Morgan fingerprint density at radius 3 is 2.47 bits per heavy atom. The summed E-state index contributed by atoms with van der Waals surface area (Å²) >= 11 is 5.94. The maximum Gasteiger partial charge on any atom is 0.343 e. The van der Waals surface area contributed by atoms with Gasteiger partial charge in [0.25, 0.3) is 0 Å². The molecule has 0 saturated carbocycles. The number of halogens is 1. The van der Waals surface area contributed by atoms with E-state index in [4.69, 9.17) is 30.3 Å². The standard InChI is InChI=1S/C23H18ClNO5/c1-27-20-10-5-15(12-22(20)28-2)23(26)29-17-8-9-18-19(25-30-21(18)13-17)11-14-3-6-16(24)7-4-14/h3-10,12-13H,11H2,1-2H3. The van der Waals surface area contributed by atoms with Crippen molar-refractivity contribution in [1.82, 2.24) is 5.16 Å². The van der Waals surface area contributed by atoms with Gasteiger partial charge in [0.15, 0.2) is 17.1 Å². The van der Waals surface area contributed by atoms with Crippen molar-refractivity contribution < 1.29 is 23.5 Å². The number of benzene rings is 3. The molecule has 0 radical (unpaired) electrons. The summed E-state index contributed by atoms with van der Waals surface area (Å²) in [6.07, 6.45) is 0.606. The second-order valence-electron chi connectivity index (χ2n) is 6.55. The lowest BCUT2D eigenvalue weighted by Gasteiger charge is -2.09. The molecule has 1 heterocycles. The zero-order valence-corrected chi connectivity index (χ0v) is 17.1. The van der Waals surface area contributed by atoms with Crippen molar-refractivity contribution in [3.8, 4) is 17.2 Å². The van der Waals surface area contributed by atoms with Crippen LogP contribution in [-0.4, -0.2) is 25.3 Å². The third kappa shape index (κ3) is 4.09. The van der Waals surface area contributed by atoms with E-state index in [1.165, 1.54) is 14.2 Å². The Labute approximate surface area is 177 Å². The number of methoxy groups -OCH3 is 2. The van der Waals surface area contributed by atoms with Crippen molar-refractivity contribution >= 4 is 28.5 Å². The average molecular weight is 424 g/mol. The van der Waals surface area contributed by atoms with Crippen LogP contribution in [0.25, 0.3) is 11.0 Å². The van der Waals surface area contributed by atoms with E-state index < -0.39 is 5.97 Å². The van der Waals surface area contributed by atoms with E-state index in [1.54, 1.807) is 30.3 Å². The molecule has 7 heteroatoms. The summed E-state index contributed by atoms with van der Waals surface area (Å²) in [5.41, 5.74) is 2.74. The van der Waals surface area contributed by atoms with Crippen LogP contribution in [0.3, 0.4) is 0 Å². The van der Waals surface area contributed by atoms with Crippen molar-refractivity contribution in [2.24, 2.45) is 0 Å². The summed E-state index contributed by atoms with van der Waals surface area (Å²) < 4.78 is 21.3. The Balaban J connectivity index is 1.53. The van der Waals surface area contributed by atoms with Crippen molar-refractivity contribution in [1.29, 1.82) is 0 Å². The molecule has 0 aliphatic heterocycles. The largest absolute Gasteiger partial charge is 0.493 e. The maximum atomic E-state index is 12.5. The smallest absolute Gasteiger partial charge is 0.343 e. The van der Waals surface area contributed by atoms with E-state index >= 15 is 0 Å². The molecule has 0 saturated heterocycles. The molecule has 1 aromatic heterocycles. The number of carbonyl (C=O) groups is 1. The van der Waals surface area contributed by atoms with Crippen molar-refractivity contribution in [2.45, 2.75) is 6.42 Å². The van der Waals surface area contributed by atoms with E-state index in [0.717, 1.165) is 16.6 Å². The summed E-state index contributed by atoms with van der Waals surface area (Å²) in [5.74, 6) is 0.822. The molecule has 0 bridgehead atoms. The highest BCUT2D eigenvalue weighted by molar-refractivity contribution is 6.30. The predicted molar refractivity (Wildman–Crippen MR) is 113 cm³/mol. The summed E-state index contributed by atoms with van der Waals surface area (Å²) in [6.45, 7) is 0. The SMILES string of the molecule is COc1ccc(C(=O)Oc2ccc3c(Cc4ccc(Cl)cc4)noc3c2)cc1OC. The predicted octanol–water partition coefficient (Wildman–Crippen LogP) is 5.31. The van der Waals surface area contributed by atoms with Crippen LogP contribution in [0, 0.1) is 0 Å². The van der Waals surface area contributed by atoms with Gasteiger partial charge < -0.3 is 18.7 Å². The normalized spacial score (nSPS) is 10.8. The second-order valence-corrected chi connectivity index (χ2v) is 6.99. The number of nitrogens with zero attached hydrogens (tertiary/aromatic N) is 1. The first kappa shape index (κ1) is 19.8. The first-order valence-electron chi connectivity index (χ1n) is 9.14. The van der Waals surface area contributed by atoms with E-state index in [1.807, 2.05) is 30.3 Å². The third-order valence-corrected chi connectivity index (χ3v) is 4.88. The molecule has 4 aromatic rings. The number of hydrogen-bond acceptors (Lipinski definition) is 6. The zero-order valence-electron chi connectivity index (χ0n) is 16.3. The van der Waals surface area contributed by atoms with Crippen LogP contribution in [0.15, 0.2) is 65.2 Å². The second kappa shape index (κ2) is 8.47. The Hall–Kier alpha value is -3.51. The van der Waals surface area contributed by atoms with Crippen LogP contribution in [0.5, 0.6) is 17.2 Å². The molecule has 0 N–H and O–H groups in total. The molecule has 6 nitrogen and oxygen atoms in total. The fraction of sp³-hybridized carbons (Fsp3) is 0.130. The molecule has 152 valence electrons. The van der Waals surface area contributed by atoms with Gasteiger partial charge in [0, 0.05) is 22.9 Å². The summed E-state index contributed by atoms with van der Waals surface area (Å²) in [5, 5.41) is 5.70. The van der Waals surface area contributed by atoms with Gasteiger partial charge in [-0.15, -0.1) is 0 Å². The van der Waals surface area contributed by atoms with E-state index in [-0.39, 0.29) is 0 Å². The number of aromatic nitrogens is 1. The van der Waals surface area contributed by atoms with Crippen LogP contribution in [0.1, 0.15) is 21.6 Å². The number of esters is 1. The van der Waals surface area contributed by atoms with Gasteiger partial charge in [-0.1, -0.05) is 28.9 Å². The fourth-order valence-electron chi connectivity index (χ4n) is 3.09. The lowest BCUT2D eigenvalue weighted by molar-refractivity contribution is 0.0734. The van der Waals surface area contributed by atoms with Gasteiger partial charge in [-0.25, -0.2) is 4.79 Å². The van der Waals surface area contributed by atoms with Crippen LogP contribution >= 0.6 is 11.6 Å². The molecule has 0 fully saturated rings. The maximum absolute atomic E-state index is 12.5. The Morgan fingerprint density at radius 1 is 0.967 bits per heavy atom. The molecular formula is C23H18ClNO5. The first-order chi connectivity index (χ1) is 14.6. The van der Waals surface area contributed by atoms with Gasteiger partial charge >= 0.3 is 5.97 Å². The number of ether oxygens (including phenoxy) is 3. The van der Waals surface area contributed by atoms with Gasteiger partial charge in [0.2, 0.25) is 0 Å². The molecule has 0 unspecified atom stereocenters. The van der Waals surface area contributed by atoms with Gasteiger partial charge in [0.1, 0.15) is 5.75 Å². The minimum Gasteiger partial charge on any atom is -0.493 e. The van der Waals surface area contributed by atoms with Crippen molar-refractivity contribution in [3.63, 3.8) is 0 Å². The zero-order chi connectivity index (χ0) is 21.1. The Kier molecular flexibility index (Phi) is 5.59. The van der Waals surface area contributed by atoms with Crippen LogP contribution < -0.4 is 14.2 Å². The molecule has 0 atom stereocenters. The fourth-order valence-corrected chi connectivity index (χ4v) is 3.21. The summed E-state index contributed by atoms with van der Waals surface area (Å²) in [4.78, 5) is 12.5. The summed E-state index contributed by atoms with van der Waals surface area (Å²) in [6, 6.07) is 17.6. The van der Waals surface area contributed by atoms with Crippen molar-refractivity contribution in [3.05, 3.63) is 82.5 Å². The average Bonchev–Trinajstić information content (AvgIpc) is 3.16. The molecule has 0 amide bonds. The minimum atomic E-state index is -0.517. The summed E-state index contributed by atoms with van der Waals surface area (Å²) in [7, 11) is 3.04. The number of hydrogen-bond donors (Lipinski definition) is 0. The van der Waals surface area contributed by atoms with Gasteiger partial charge in [-0.2, -0.15) is 0 Å². The molecule has 0 aliphatic rings. The van der Waals surface area contributed by atoms with Gasteiger partial charge in [0.05, 0.1) is 25.5 Å². The monoisotopic (exact) mass is 423 g/mol. The van der Waals surface area contributed by atoms with Gasteiger partial charge in [-0.05, 0) is 48.0 Å². The highest BCUT2D eigenvalue weighted by atomic mass is 35.5. The molecular weight excluding hydrogens is 406 g/mol. The van der Waals surface area contributed by atoms with Crippen LogP contribution in [-0.2, 0) is 6.42 Å². The van der Waals surface area contributed by atoms with Crippen LogP contribution in [0.4, 0.5) is 0 Å². The number of rotatable bonds is 6. The number of fused-ring (bicyclic) bond motifs is 1. The Bertz CT molecular complexity index is 1200. The lowest BCUT2D eigenvalue weighted by Crippen LogP contribution is -2.08. The molecule has 0 aliphatic carbocycles. The minimum absolute atomic E-state index is 0.341. The highest BCUT2D eigenvalue weighted by Crippen LogP contribution is 2.29. The number of carbonyl (C=O) groups excluding carboxylic acids is 1. The highest BCUT2D eigenvalue weighted by Gasteiger charge is 2.15. The molecule has 3 aromatic carbocycles. The van der Waals surface area contributed by atoms with Crippen LogP contribution in [0.2, 0.25) is 5.02 Å². The molecule has 4 rings (SSSR count). The topological polar surface area (TPSA) is 70.8 Å². The Morgan fingerprint density at radius 2 is 1.73 bits per heavy atom. The first-order valence-corrected chi connectivity index (χ1v) is 9.52.